The molecule has 8 heteroatoms. The maximum atomic E-state index is 14.7. The van der Waals surface area contributed by atoms with Crippen LogP contribution in [0, 0.1) is 11.6 Å². The van der Waals surface area contributed by atoms with Crippen molar-refractivity contribution in [3.05, 3.63) is 95.1 Å². The number of hydrogen-bond donors (Lipinski definition) is 2. The number of amides is 1. The van der Waals surface area contributed by atoms with E-state index in [1.807, 2.05) is 0 Å². The number of carbonyl (C=O) groups is 2. The van der Waals surface area contributed by atoms with Crippen molar-refractivity contribution < 1.29 is 33.3 Å². The molecule has 0 aromatic heterocycles. The normalized spacial score (nSPS) is 17.0. The minimum Gasteiger partial charge on any atom is -0.508 e. The van der Waals surface area contributed by atoms with E-state index in [0.717, 1.165) is 42.4 Å². The number of aromatic hydroxyl groups is 1. The van der Waals surface area contributed by atoms with Crippen LogP contribution in [0.2, 0.25) is 0 Å². The molecule has 0 saturated carbocycles. The molecule has 1 atom stereocenters. The second kappa shape index (κ2) is 10.6. The Kier molecular flexibility index (Phi) is 7.33. The van der Waals surface area contributed by atoms with E-state index in [9.17, 15) is 28.6 Å². The quantitative estimate of drug-likeness (QED) is 0.178. The highest BCUT2D eigenvalue weighted by Gasteiger charge is 2.47. The molecule has 36 heavy (non-hydrogen) atoms. The molecule has 3 aromatic carbocycles. The average Bonchev–Trinajstić information content (AvgIpc) is 3.14. The van der Waals surface area contributed by atoms with Crippen LogP contribution in [0.25, 0.3) is 5.76 Å². The Labute approximate surface area is 207 Å². The molecule has 1 aliphatic rings. The standard InChI is InChI=1S/C28H25F2NO5/c1-2-3-4-15-36-21-12-7-18(8-13-21)26(33)24-25(17-5-10-20(32)11-6-17)31(28(35)27(24)34)23-16-19(29)9-14-22(23)30/h5-14,16,25,32-33H,2-4,15H2,1H3/b26-24+. The van der Waals surface area contributed by atoms with Crippen LogP contribution in [-0.4, -0.2) is 28.5 Å². The van der Waals surface area contributed by atoms with Crippen molar-refractivity contribution in [3.63, 3.8) is 0 Å². The zero-order valence-electron chi connectivity index (χ0n) is 19.6. The van der Waals surface area contributed by atoms with E-state index in [2.05, 4.69) is 6.92 Å². The molecule has 2 N–H and O–H groups in total. The number of rotatable bonds is 8. The number of phenols is 1. The summed E-state index contributed by atoms with van der Waals surface area (Å²) in [4.78, 5) is 27.0. The first kappa shape index (κ1) is 24.9. The van der Waals surface area contributed by atoms with E-state index < -0.39 is 40.8 Å². The average molecular weight is 494 g/mol. The van der Waals surface area contributed by atoms with Gasteiger partial charge in [-0.15, -0.1) is 0 Å². The van der Waals surface area contributed by atoms with Gasteiger partial charge >= 0.3 is 0 Å². The van der Waals surface area contributed by atoms with E-state index in [1.165, 1.54) is 24.3 Å². The van der Waals surface area contributed by atoms with Crippen LogP contribution in [0.5, 0.6) is 11.5 Å². The number of nitrogens with zero attached hydrogens (tertiary/aromatic N) is 1. The Hall–Kier alpha value is -4.20. The fourth-order valence-corrected chi connectivity index (χ4v) is 4.13. The van der Waals surface area contributed by atoms with Crippen LogP contribution < -0.4 is 9.64 Å². The lowest BCUT2D eigenvalue weighted by atomic mass is 9.95. The monoisotopic (exact) mass is 493 g/mol. The second-order valence-electron chi connectivity index (χ2n) is 8.44. The number of hydrogen-bond acceptors (Lipinski definition) is 5. The van der Waals surface area contributed by atoms with Crippen molar-refractivity contribution in [1.82, 2.24) is 0 Å². The number of benzene rings is 3. The number of unbranched alkanes of at least 4 members (excludes halogenated alkanes) is 2. The van der Waals surface area contributed by atoms with Gasteiger partial charge in [-0.2, -0.15) is 0 Å². The molecule has 3 aromatic rings. The van der Waals surface area contributed by atoms with Crippen molar-refractivity contribution >= 4 is 23.1 Å². The topological polar surface area (TPSA) is 87.1 Å². The summed E-state index contributed by atoms with van der Waals surface area (Å²) in [6.07, 6.45) is 3.02. The van der Waals surface area contributed by atoms with Crippen LogP contribution in [0.1, 0.15) is 43.4 Å². The lowest BCUT2D eigenvalue weighted by Gasteiger charge is -2.25. The number of aliphatic hydroxyl groups excluding tert-OH is 1. The van der Waals surface area contributed by atoms with Gasteiger partial charge in [0.15, 0.2) is 0 Å². The van der Waals surface area contributed by atoms with Crippen LogP contribution in [0.15, 0.2) is 72.3 Å². The summed E-state index contributed by atoms with van der Waals surface area (Å²) >= 11 is 0. The first-order chi connectivity index (χ1) is 17.3. The minimum absolute atomic E-state index is 0.0674. The summed E-state index contributed by atoms with van der Waals surface area (Å²) in [5.74, 6) is -3.83. The molecular formula is C28H25F2NO5. The number of phenolic OH excluding ortho intramolecular Hbond substituents is 1. The third-order valence-corrected chi connectivity index (χ3v) is 5.97. The molecule has 0 aliphatic carbocycles. The van der Waals surface area contributed by atoms with Gasteiger partial charge in [0.25, 0.3) is 11.7 Å². The third-order valence-electron chi connectivity index (χ3n) is 5.97. The third kappa shape index (κ3) is 4.93. The Balaban J connectivity index is 1.78. The largest absolute Gasteiger partial charge is 0.508 e. The SMILES string of the molecule is CCCCCOc1ccc(/C(O)=C2\C(=O)C(=O)N(c3cc(F)ccc3F)C2c2ccc(O)cc2)cc1. The Morgan fingerprint density at radius 2 is 1.67 bits per heavy atom. The first-order valence-electron chi connectivity index (χ1n) is 11.6. The van der Waals surface area contributed by atoms with Gasteiger partial charge in [0.05, 0.1) is 23.9 Å². The fraction of sp³-hybridized carbons (Fsp3) is 0.214. The number of Topliss-reactive ketones (excluding diaryl/α,β-unsaturated/α-hetero) is 1. The summed E-state index contributed by atoms with van der Waals surface area (Å²) in [6, 6.07) is 13.2. The lowest BCUT2D eigenvalue weighted by Crippen LogP contribution is -2.30. The Morgan fingerprint density at radius 1 is 0.972 bits per heavy atom. The minimum atomic E-state index is -1.26. The van der Waals surface area contributed by atoms with E-state index in [4.69, 9.17) is 4.74 Å². The summed E-state index contributed by atoms with van der Waals surface area (Å²) in [6.45, 7) is 2.64. The Morgan fingerprint density at radius 3 is 2.33 bits per heavy atom. The van der Waals surface area contributed by atoms with Crippen LogP contribution in [-0.2, 0) is 9.59 Å². The number of halogens is 2. The number of carbonyl (C=O) groups excluding carboxylic acids is 2. The molecule has 0 bridgehead atoms. The summed E-state index contributed by atoms with van der Waals surface area (Å²) in [5.41, 5.74) is -0.165. The molecule has 6 nitrogen and oxygen atoms in total. The second-order valence-corrected chi connectivity index (χ2v) is 8.44. The molecular weight excluding hydrogens is 468 g/mol. The predicted molar refractivity (Wildman–Crippen MR) is 131 cm³/mol. The van der Waals surface area contributed by atoms with E-state index in [0.29, 0.717) is 17.9 Å². The van der Waals surface area contributed by atoms with Gasteiger partial charge in [0.1, 0.15) is 28.9 Å². The van der Waals surface area contributed by atoms with Crippen molar-refractivity contribution in [2.45, 2.75) is 32.2 Å². The number of ether oxygens (including phenoxy) is 1. The van der Waals surface area contributed by atoms with Crippen molar-refractivity contribution in [2.24, 2.45) is 0 Å². The van der Waals surface area contributed by atoms with E-state index in [-0.39, 0.29) is 16.9 Å². The molecule has 4 rings (SSSR count). The number of aliphatic hydroxyl groups is 1. The maximum Gasteiger partial charge on any atom is 0.300 e. The van der Waals surface area contributed by atoms with Crippen LogP contribution in [0.4, 0.5) is 14.5 Å². The molecule has 1 saturated heterocycles. The van der Waals surface area contributed by atoms with E-state index >= 15 is 0 Å². The molecule has 1 amide bonds. The number of ketones is 1. The molecule has 1 unspecified atom stereocenters. The first-order valence-corrected chi connectivity index (χ1v) is 11.6. The molecule has 1 fully saturated rings. The highest BCUT2D eigenvalue weighted by atomic mass is 19.1. The van der Waals surface area contributed by atoms with Gasteiger partial charge in [-0.3, -0.25) is 14.5 Å². The zero-order chi connectivity index (χ0) is 25.8. The van der Waals surface area contributed by atoms with Crippen molar-refractivity contribution in [3.8, 4) is 11.5 Å². The smallest absolute Gasteiger partial charge is 0.300 e. The van der Waals surface area contributed by atoms with Gasteiger partial charge in [0, 0.05) is 11.6 Å². The predicted octanol–water partition coefficient (Wildman–Crippen LogP) is 5.87. The van der Waals surface area contributed by atoms with Gasteiger partial charge in [-0.25, -0.2) is 8.78 Å². The molecule has 0 spiro atoms. The van der Waals surface area contributed by atoms with Crippen molar-refractivity contribution in [2.75, 3.05) is 11.5 Å². The number of anilines is 1. The van der Waals surface area contributed by atoms with E-state index in [1.54, 1.807) is 24.3 Å². The van der Waals surface area contributed by atoms with Crippen LogP contribution >= 0.6 is 0 Å². The molecule has 186 valence electrons. The highest BCUT2D eigenvalue weighted by Crippen LogP contribution is 2.43. The summed E-state index contributed by atoms with van der Waals surface area (Å²) in [5, 5.41) is 20.8. The van der Waals surface area contributed by atoms with Crippen molar-refractivity contribution in [1.29, 1.82) is 0 Å². The maximum absolute atomic E-state index is 14.7. The van der Waals surface area contributed by atoms with Gasteiger partial charge in [-0.05, 0) is 60.5 Å². The van der Waals surface area contributed by atoms with Gasteiger partial charge in [-0.1, -0.05) is 31.9 Å². The van der Waals surface area contributed by atoms with Gasteiger partial charge in [0.2, 0.25) is 0 Å². The molecule has 1 heterocycles. The van der Waals surface area contributed by atoms with Crippen LogP contribution in [0.3, 0.4) is 0 Å². The molecule has 1 aliphatic heterocycles. The van der Waals surface area contributed by atoms with Gasteiger partial charge < -0.3 is 14.9 Å². The molecule has 0 radical (unpaired) electrons. The highest BCUT2D eigenvalue weighted by molar-refractivity contribution is 6.51. The lowest BCUT2D eigenvalue weighted by molar-refractivity contribution is -0.132. The Bertz CT molecular complexity index is 1300. The fourth-order valence-electron chi connectivity index (χ4n) is 4.13. The summed E-state index contributed by atoms with van der Waals surface area (Å²) in [7, 11) is 0. The zero-order valence-corrected chi connectivity index (χ0v) is 19.6. The summed E-state index contributed by atoms with van der Waals surface area (Å²) < 4.78 is 34.4.